The molecule has 2 fully saturated rings. The van der Waals surface area contributed by atoms with E-state index in [0.717, 1.165) is 29.6 Å². The smallest absolute Gasteiger partial charge is 0.265 e. The molecule has 0 spiro atoms. The van der Waals surface area contributed by atoms with E-state index in [1.807, 2.05) is 0 Å². The second-order valence-corrected chi connectivity index (χ2v) is 7.73. The van der Waals surface area contributed by atoms with Gasteiger partial charge < -0.3 is 15.5 Å². The zero-order valence-electron chi connectivity index (χ0n) is 13.2. The molecule has 21 heavy (non-hydrogen) atoms. The molecular formula is C16H25N3OS. The van der Waals surface area contributed by atoms with Gasteiger partial charge in [0, 0.05) is 32.7 Å². The van der Waals surface area contributed by atoms with Gasteiger partial charge in [-0.3, -0.25) is 4.79 Å². The van der Waals surface area contributed by atoms with Gasteiger partial charge in [0.05, 0.1) is 10.7 Å². The van der Waals surface area contributed by atoms with Gasteiger partial charge in [0.2, 0.25) is 0 Å². The number of nitrogens with zero attached hydrogens (tertiary/aromatic N) is 2. The summed E-state index contributed by atoms with van der Waals surface area (Å²) in [5, 5.41) is 1.27. The lowest BCUT2D eigenvalue weighted by Crippen LogP contribution is -2.34. The topological polar surface area (TPSA) is 49.6 Å². The Morgan fingerprint density at radius 2 is 2.05 bits per heavy atom. The Kier molecular flexibility index (Phi) is 3.86. The van der Waals surface area contributed by atoms with Crippen molar-refractivity contribution >= 4 is 27.9 Å². The fraction of sp³-hybridized carbons (Fsp3) is 0.688. The quantitative estimate of drug-likeness (QED) is 0.933. The second kappa shape index (κ2) is 5.52. The summed E-state index contributed by atoms with van der Waals surface area (Å²) < 4.78 is 0. The van der Waals surface area contributed by atoms with E-state index >= 15 is 0 Å². The van der Waals surface area contributed by atoms with Crippen molar-refractivity contribution in [2.45, 2.75) is 38.5 Å². The summed E-state index contributed by atoms with van der Waals surface area (Å²) in [7, 11) is 3.59. The third-order valence-electron chi connectivity index (χ3n) is 4.49. The van der Waals surface area contributed by atoms with Crippen molar-refractivity contribution in [1.82, 2.24) is 4.90 Å². The normalized spacial score (nSPS) is 22.4. The molecule has 4 nitrogen and oxygen atoms in total. The number of hydrogen-bond acceptors (Lipinski definition) is 4. The van der Waals surface area contributed by atoms with Crippen LogP contribution >= 0.6 is 11.3 Å². The maximum absolute atomic E-state index is 12.4. The van der Waals surface area contributed by atoms with Crippen LogP contribution in [0.15, 0.2) is 0 Å². The van der Waals surface area contributed by atoms with Crippen LogP contribution in [0.5, 0.6) is 0 Å². The molecule has 1 unspecified atom stereocenters. The van der Waals surface area contributed by atoms with Crippen LogP contribution in [0.25, 0.3) is 0 Å². The van der Waals surface area contributed by atoms with E-state index < -0.39 is 0 Å². The minimum Gasteiger partial charge on any atom is -0.397 e. The van der Waals surface area contributed by atoms with Crippen molar-refractivity contribution in [3.8, 4) is 0 Å². The average Bonchev–Trinajstić information content (AvgIpc) is 3.21. The molecule has 2 heterocycles. The Labute approximate surface area is 130 Å². The monoisotopic (exact) mass is 307 g/mol. The third kappa shape index (κ3) is 2.76. The van der Waals surface area contributed by atoms with Crippen LogP contribution in [0.4, 0.5) is 10.7 Å². The van der Waals surface area contributed by atoms with Crippen molar-refractivity contribution in [3.63, 3.8) is 0 Å². The molecule has 1 saturated carbocycles. The summed E-state index contributed by atoms with van der Waals surface area (Å²) in [5.41, 5.74) is 8.37. The standard InChI is InChI=1S/C16H25N3OS/c1-10-5-4-8-19(9-10)16-12(11-6-7-11)13(17)14(21-16)15(20)18(2)3/h10-11H,4-9,17H2,1-3H3. The number of anilines is 2. The number of rotatable bonds is 3. The van der Waals surface area contributed by atoms with Crippen LogP contribution in [0, 0.1) is 5.92 Å². The molecular weight excluding hydrogens is 282 g/mol. The van der Waals surface area contributed by atoms with Crippen LogP contribution < -0.4 is 10.6 Å². The van der Waals surface area contributed by atoms with E-state index in [2.05, 4.69) is 11.8 Å². The fourth-order valence-corrected chi connectivity index (χ4v) is 4.55. The number of thiophene rings is 1. The molecule has 0 radical (unpaired) electrons. The van der Waals surface area contributed by atoms with Gasteiger partial charge in [0.25, 0.3) is 5.91 Å². The Morgan fingerprint density at radius 1 is 1.33 bits per heavy atom. The molecule has 1 aliphatic carbocycles. The number of hydrogen-bond donors (Lipinski definition) is 1. The minimum absolute atomic E-state index is 0.0377. The number of nitrogen functional groups attached to an aromatic ring is 1. The molecule has 1 saturated heterocycles. The van der Waals surface area contributed by atoms with Gasteiger partial charge in [-0.05, 0) is 37.5 Å². The first-order chi connectivity index (χ1) is 9.99. The van der Waals surface area contributed by atoms with Gasteiger partial charge in [0.15, 0.2) is 0 Å². The lowest BCUT2D eigenvalue weighted by molar-refractivity contribution is 0.0833. The maximum atomic E-state index is 12.4. The Bertz CT molecular complexity index is 548. The third-order valence-corrected chi connectivity index (χ3v) is 5.76. The van der Waals surface area contributed by atoms with E-state index in [0.29, 0.717) is 5.92 Å². The van der Waals surface area contributed by atoms with Gasteiger partial charge in [-0.1, -0.05) is 6.92 Å². The van der Waals surface area contributed by atoms with Crippen molar-refractivity contribution in [1.29, 1.82) is 0 Å². The highest BCUT2D eigenvalue weighted by Gasteiger charge is 2.35. The van der Waals surface area contributed by atoms with Crippen LogP contribution in [0.2, 0.25) is 0 Å². The summed E-state index contributed by atoms with van der Waals surface area (Å²) >= 11 is 1.61. The Balaban J connectivity index is 1.98. The molecule has 3 rings (SSSR count). The van der Waals surface area contributed by atoms with Gasteiger partial charge in [-0.2, -0.15) is 0 Å². The van der Waals surface area contributed by atoms with Gasteiger partial charge in [-0.15, -0.1) is 11.3 Å². The lowest BCUT2D eigenvalue weighted by atomic mass is 10.00. The van der Waals surface area contributed by atoms with Gasteiger partial charge in [0.1, 0.15) is 4.88 Å². The Morgan fingerprint density at radius 3 is 2.62 bits per heavy atom. The van der Waals surface area contributed by atoms with E-state index in [4.69, 9.17) is 5.73 Å². The summed E-state index contributed by atoms with van der Waals surface area (Å²) in [6.45, 7) is 4.50. The second-order valence-electron chi connectivity index (χ2n) is 6.73. The molecule has 1 aliphatic heterocycles. The minimum atomic E-state index is 0.0377. The van der Waals surface area contributed by atoms with Crippen molar-refractivity contribution in [3.05, 3.63) is 10.4 Å². The molecule has 116 valence electrons. The molecule has 0 bridgehead atoms. The number of piperidine rings is 1. The predicted molar refractivity (Wildman–Crippen MR) is 89.3 cm³/mol. The van der Waals surface area contributed by atoms with E-state index in [1.54, 1.807) is 30.3 Å². The lowest BCUT2D eigenvalue weighted by Gasteiger charge is -2.32. The molecule has 0 aromatic carbocycles. The highest BCUT2D eigenvalue weighted by atomic mass is 32.1. The van der Waals surface area contributed by atoms with E-state index in [-0.39, 0.29) is 5.91 Å². The van der Waals surface area contributed by atoms with E-state index in [9.17, 15) is 4.79 Å². The number of amides is 1. The molecule has 1 aromatic rings. The Hall–Kier alpha value is -1.23. The SMILES string of the molecule is CC1CCCN(c2sc(C(=O)N(C)C)c(N)c2C2CC2)C1. The largest absolute Gasteiger partial charge is 0.397 e. The van der Waals surface area contributed by atoms with Crippen molar-refractivity contribution in [2.24, 2.45) is 5.92 Å². The van der Waals surface area contributed by atoms with Crippen molar-refractivity contribution in [2.75, 3.05) is 37.8 Å². The first-order valence-electron chi connectivity index (χ1n) is 7.87. The fourth-order valence-electron chi connectivity index (χ4n) is 3.18. The van der Waals surface area contributed by atoms with Crippen LogP contribution in [-0.4, -0.2) is 38.0 Å². The highest BCUT2D eigenvalue weighted by molar-refractivity contribution is 7.18. The van der Waals surface area contributed by atoms with Crippen LogP contribution in [0.3, 0.4) is 0 Å². The van der Waals surface area contributed by atoms with Gasteiger partial charge in [-0.25, -0.2) is 0 Å². The molecule has 1 atom stereocenters. The molecule has 1 aromatic heterocycles. The average molecular weight is 307 g/mol. The molecule has 1 amide bonds. The molecule has 2 N–H and O–H groups in total. The van der Waals surface area contributed by atoms with Gasteiger partial charge >= 0.3 is 0 Å². The van der Waals surface area contributed by atoms with E-state index in [1.165, 1.54) is 36.2 Å². The summed E-state index contributed by atoms with van der Waals surface area (Å²) in [5.74, 6) is 1.34. The summed E-state index contributed by atoms with van der Waals surface area (Å²) in [4.78, 5) is 17.2. The molecule has 5 heteroatoms. The highest BCUT2D eigenvalue weighted by Crippen LogP contribution is 2.52. The first kappa shape index (κ1) is 14.7. The predicted octanol–water partition coefficient (Wildman–Crippen LogP) is 3.15. The first-order valence-corrected chi connectivity index (χ1v) is 8.69. The summed E-state index contributed by atoms with van der Waals surface area (Å²) in [6.07, 6.45) is 4.97. The van der Waals surface area contributed by atoms with Crippen LogP contribution in [-0.2, 0) is 0 Å². The van der Waals surface area contributed by atoms with Crippen LogP contribution in [0.1, 0.15) is 53.8 Å². The number of carbonyl (C=O) groups is 1. The zero-order chi connectivity index (χ0) is 15.1. The summed E-state index contributed by atoms with van der Waals surface area (Å²) in [6, 6.07) is 0. The number of nitrogens with two attached hydrogens (primary N) is 1. The zero-order valence-corrected chi connectivity index (χ0v) is 14.0. The molecule has 2 aliphatic rings. The maximum Gasteiger partial charge on any atom is 0.265 e. The number of carbonyl (C=O) groups excluding carboxylic acids is 1. The van der Waals surface area contributed by atoms with Crippen molar-refractivity contribution < 1.29 is 4.79 Å².